The largest absolute Gasteiger partial charge is 0.359 e. The molecule has 1 aromatic heterocycles. The highest BCUT2D eigenvalue weighted by Crippen LogP contribution is 2.19. The first-order valence-corrected chi connectivity index (χ1v) is 4.05. The van der Waals surface area contributed by atoms with Crippen molar-refractivity contribution in [3.8, 4) is 11.1 Å². The van der Waals surface area contributed by atoms with Gasteiger partial charge >= 0.3 is 0 Å². The van der Waals surface area contributed by atoms with Crippen LogP contribution in [0.15, 0.2) is 36.5 Å². The molecule has 0 saturated carbocycles. The maximum atomic E-state index is 5.76. The topological polar surface area (TPSA) is 15.8 Å². The number of rotatable bonds is 1. The number of hydrogen-bond acceptors (Lipinski definition) is 0. The van der Waals surface area contributed by atoms with Crippen LogP contribution < -0.4 is 0 Å². The Bertz CT molecular complexity index is 348. The van der Waals surface area contributed by atoms with Gasteiger partial charge in [0.25, 0.3) is 0 Å². The number of hydrogen-bond donors (Lipinski definition) is 1. The van der Waals surface area contributed by atoms with E-state index in [9.17, 15) is 0 Å². The number of aromatic amines is 1. The minimum atomic E-state index is 0.759. The number of H-pyrrole nitrogens is 1. The fraction of sp³-hybridized carbons (Fsp3) is 0. The molecule has 1 aromatic carbocycles. The molecule has 2 heteroatoms. The Labute approximate surface area is 76.0 Å². The summed E-state index contributed by atoms with van der Waals surface area (Å²) in [5, 5.41) is 0.759. The van der Waals surface area contributed by atoms with Gasteiger partial charge in [0.05, 0.1) is 6.20 Å². The molecule has 12 heavy (non-hydrogen) atoms. The van der Waals surface area contributed by atoms with E-state index in [1.807, 2.05) is 36.5 Å². The molecule has 1 radical (unpaired) electrons. The fourth-order valence-electron chi connectivity index (χ4n) is 1.08. The minimum Gasteiger partial charge on any atom is -0.359 e. The van der Waals surface area contributed by atoms with Gasteiger partial charge in [-0.15, -0.1) is 0 Å². The second-order valence-electron chi connectivity index (χ2n) is 2.52. The van der Waals surface area contributed by atoms with E-state index in [-0.39, 0.29) is 0 Å². The lowest BCUT2D eigenvalue weighted by atomic mass is 10.1. The first-order chi connectivity index (χ1) is 5.86. The Morgan fingerprint density at radius 3 is 2.42 bits per heavy atom. The molecular weight excluding hydrogens is 170 g/mol. The maximum absolute atomic E-state index is 5.76. The van der Waals surface area contributed by atoms with Crippen LogP contribution in [0, 0.1) is 6.20 Å². The summed E-state index contributed by atoms with van der Waals surface area (Å²) in [6.45, 7) is 0. The fourth-order valence-corrected chi connectivity index (χ4v) is 1.21. The average molecular weight is 177 g/mol. The van der Waals surface area contributed by atoms with E-state index in [4.69, 9.17) is 11.6 Å². The van der Waals surface area contributed by atoms with Gasteiger partial charge < -0.3 is 4.98 Å². The third kappa shape index (κ3) is 1.36. The van der Waals surface area contributed by atoms with E-state index in [0.717, 1.165) is 16.1 Å². The van der Waals surface area contributed by atoms with Crippen LogP contribution in [0.25, 0.3) is 11.1 Å². The van der Waals surface area contributed by atoms with Crippen molar-refractivity contribution in [2.24, 2.45) is 0 Å². The quantitative estimate of drug-likeness (QED) is 0.687. The van der Waals surface area contributed by atoms with E-state index in [2.05, 4.69) is 11.2 Å². The van der Waals surface area contributed by atoms with Gasteiger partial charge in [-0.05, 0) is 23.8 Å². The van der Waals surface area contributed by atoms with Crippen molar-refractivity contribution in [3.05, 3.63) is 47.7 Å². The van der Waals surface area contributed by atoms with Crippen LogP contribution in [0.4, 0.5) is 0 Å². The van der Waals surface area contributed by atoms with Crippen molar-refractivity contribution in [2.45, 2.75) is 0 Å². The zero-order valence-corrected chi connectivity index (χ0v) is 7.10. The molecule has 0 saturated heterocycles. The second kappa shape index (κ2) is 3.03. The van der Waals surface area contributed by atoms with Crippen LogP contribution in [-0.2, 0) is 0 Å². The van der Waals surface area contributed by atoms with Crippen LogP contribution in [0.5, 0.6) is 0 Å². The SMILES string of the molecule is Clc1ccc(-c2[c][nH]cc2)cc1. The third-order valence-corrected chi connectivity index (χ3v) is 1.95. The van der Waals surface area contributed by atoms with Crippen LogP contribution in [-0.4, -0.2) is 4.98 Å². The summed E-state index contributed by atoms with van der Waals surface area (Å²) in [6.07, 6.45) is 4.86. The monoisotopic (exact) mass is 176 g/mol. The second-order valence-corrected chi connectivity index (χ2v) is 2.96. The highest BCUT2D eigenvalue weighted by molar-refractivity contribution is 6.30. The van der Waals surface area contributed by atoms with Gasteiger partial charge in [0.15, 0.2) is 0 Å². The summed E-state index contributed by atoms with van der Waals surface area (Å²) in [5.41, 5.74) is 2.19. The van der Waals surface area contributed by atoms with E-state index in [1.165, 1.54) is 0 Å². The molecule has 0 amide bonds. The molecule has 1 nitrogen and oxygen atoms in total. The molecule has 0 aliphatic rings. The Balaban J connectivity index is 2.43. The van der Waals surface area contributed by atoms with Crippen LogP contribution in [0.1, 0.15) is 0 Å². The molecule has 0 bridgehead atoms. The average Bonchev–Trinajstić information content (AvgIpc) is 2.58. The summed E-state index contributed by atoms with van der Waals surface area (Å²) in [6, 6.07) is 9.67. The highest BCUT2D eigenvalue weighted by Gasteiger charge is 1.96. The van der Waals surface area contributed by atoms with Gasteiger partial charge in [0.2, 0.25) is 0 Å². The Hall–Kier alpha value is -1.21. The van der Waals surface area contributed by atoms with Crippen LogP contribution in [0.2, 0.25) is 5.02 Å². The molecule has 0 spiro atoms. The molecule has 2 aromatic rings. The van der Waals surface area contributed by atoms with Crippen molar-refractivity contribution >= 4 is 11.6 Å². The van der Waals surface area contributed by atoms with Crippen molar-refractivity contribution in [2.75, 3.05) is 0 Å². The van der Waals surface area contributed by atoms with Gasteiger partial charge in [0, 0.05) is 16.8 Å². The van der Waals surface area contributed by atoms with Crippen molar-refractivity contribution < 1.29 is 0 Å². The predicted molar refractivity (Wildman–Crippen MR) is 50.1 cm³/mol. The van der Waals surface area contributed by atoms with Gasteiger partial charge in [-0.25, -0.2) is 0 Å². The van der Waals surface area contributed by atoms with Gasteiger partial charge in [0.1, 0.15) is 0 Å². The predicted octanol–water partition coefficient (Wildman–Crippen LogP) is 3.14. The van der Waals surface area contributed by atoms with E-state index in [0.29, 0.717) is 0 Å². The van der Waals surface area contributed by atoms with Crippen molar-refractivity contribution in [1.82, 2.24) is 4.98 Å². The molecule has 59 valence electrons. The lowest BCUT2D eigenvalue weighted by Crippen LogP contribution is -1.72. The van der Waals surface area contributed by atoms with E-state index in [1.54, 1.807) is 0 Å². The molecule has 2 rings (SSSR count). The van der Waals surface area contributed by atoms with Crippen molar-refractivity contribution in [1.29, 1.82) is 0 Å². The lowest BCUT2D eigenvalue weighted by molar-refractivity contribution is 1.40. The summed E-state index contributed by atoms with van der Waals surface area (Å²) in [7, 11) is 0. The van der Waals surface area contributed by atoms with E-state index >= 15 is 0 Å². The molecule has 0 fully saturated rings. The number of nitrogens with one attached hydrogen (secondary N) is 1. The number of halogens is 1. The maximum Gasteiger partial charge on any atom is 0.0705 e. The first-order valence-electron chi connectivity index (χ1n) is 3.67. The Morgan fingerprint density at radius 1 is 1.08 bits per heavy atom. The van der Waals surface area contributed by atoms with Crippen molar-refractivity contribution in [3.63, 3.8) is 0 Å². The molecule has 0 unspecified atom stereocenters. The Morgan fingerprint density at radius 2 is 1.83 bits per heavy atom. The van der Waals surface area contributed by atoms with Gasteiger partial charge in [-0.2, -0.15) is 0 Å². The Kier molecular flexibility index (Phi) is 1.88. The third-order valence-electron chi connectivity index (χ3n) is 1.70. The zero-order valence-electron chi connectivity index (χ0n) is 6.34. The molecule has 1 N–H and O–H groups in total. The molecule has 1 heterocycles. The molecule has 0 aliphatic heterocycles. The molecule has 0 aliphatic carbocycles. The van der Waals surface area contributed by atoms with Gasteiger partial charge in [-0.1, -0.05) is 23.7 Å². The lowest BCUT2D eigenvalue weighted by Gasteiger charge is -1.95. The summed E-state index contributed by atoms with van der Waals surface area (Å²) >= 11 is 5.76. The molecule has 0 atom stereocenters. The summed E-state index contributed by atoms with van der Waals surface area (Å²) < 4.78 is 0. The first kappa shape index (κ1) is 7.44. The van der Waals surface area contributed by atoms with Crippen LogP contribution >= 0.6 is 11.6 Å². The minimum absolute atomic E-state index is 0.759. The zero-order chi connectivity index (χ0) is 8.39. The standard InChI is InChI=1S/C10H7ClN/c11-10-3-1-8(2-4-10)9-5-6-12-7-9/h1-6,12H. The summed E-state index contributed by atoms with van der Waals surface area (Å²) in [5.74, 6) is 0. The number of benzene rings is 1. The highest BCUT2D eigenvalue weighted by atomic mass is 35.5. The smallest absolute Gasteiger partial charge is 0.0705 e. The van der Waals surface area contributed by atoms with Crippen LogP contribution in [0.3, 0.4) is 0 Å². The summed E-state index contributed by atoms with van der Waals surface area (Å²) in [4.78, 5) is 2.88. The number of aromatic nitrogens is 1. The molecular formula is C10H7ClN. The normalized spacial score (nSPS) is 10.1. The van der Waals surface area contributed by atoms with E-state index < -0.39 is 0 Å². The van der Waals surface area contributed by atoms with Gasteiger partial charge in [-0.3, -0.25) is 0 Å².